The fourth-order valence-corrected chi connectivity index (χ4v) is 2.52. The summed E-state index contributed by atoms with van der Waals surface area (Å²) < 4.78 is 11.5. The van der Waals surface area contributed by atoms with Gasteiger partial charge in [-0.2, -0.15) is 0 Å². The van der Waals surface area contributed by atoms with Gasteiger partial charge in [-0.15, -0.1) is 0 Å². The first kappa shape index (κ1) is 15.2. The summed E-state index contributed by atoms with van der Waals surface area (Å²) in [5.41, 5.74) is 6.49. The molecule has 1 heterocycles. The summed E-state index contributed by atoms with van der Waals surface area (Å²) in [6.45, 7) is 7.50. The van der Waals surface area contributed by atoms with Gasteiger partial charge in [0, 0.05) is 19.1 Å². The van der Waals surface area contributed by atoms with E-state index >= 15 is 0 Å². The Morgan fingerprint density at radius 2 is 2.20 bits per heavy atom. The Morgan fingerprint density at radius 3 is 2.95 bits per heavy atom. The van der Waals surface area contributed by atoms with Gasteiger partial charge in [-0.05, 0) is 26.0 Å². The van der Waals surface area contributed by atoms with E-state index in [1.165, 1.54) is 0 Å². The third-order valence-electron chi connectivity index (χ3n) is 3.53. The lowest BCUT2D eigenvalue weighted by Gasteiger charge is -2.36. The van der Waals surface area contributed by atoms with Crippen LogP contribution in [0.25, 0.3) is 0 Å². The highest BCUT2D eigenvalue weighted by molar-refractivity contribution is 7.80. The fraction of sp³-hybridized carbons (Fsp3) is 0.533. The summed E-state index contributed by atoms with van der Waals surface area (Å²) in [6.07, 6.45) is 0.287. The topological polar surface area (TPSA) is 47.7 Å². The normalized spacial score (nSPS) is 23.5. The SMILES string of the molecule is CC1CN(CCOc2ccccc2C(N)=S)C(C)CO1. The van der Waals surface area contributed by atoms with Crippen molar-refractivity contribution in [3.05, 3.63) is 29.8 Å². The highest BCUT2D eigenvalue weighted by Crippen LogP contribution is 2.18. The van der Waals surface area contributed by atoms with E-state index in [9.17, 15) is 0 Å². The molecule has 0 radical (unpaired) electrons. The lowest BCUT2D eigenvalue weighted by Crippen LogP contribution is -2.48. The number of thiocarbonyl (C=S) groups is 1. The van der Waals surface area contributed by atoms with E-state index in [0.29, 0.717) is 17.6 Å². The van der Waals surface area contributed by atoms with E-state index in [4.69, 9.17) is 27.4 Å². The van der Waals surface area contributed by atoms with E-state index in [-0.39, 0.29) is 6.10 Å². The molecule has 1 aliphatic rings. The zero-order chi connectivity index (χ0) is 14.5. The van der Waals surface area contributed by atoms with Gasteiger partial charge in [0.2, 0.25) is 0 Å². The van der Waals surface area contributed by atoms with Gasteiger partial charge in [-0.1, -0.05) is 24.4 Å². The number of hydrogen-bond donors (Lipinski definition) is 1. The van der Waals surface area contributed by atoms with Gasteiger partial charge >= 0.3 is 0 Å². The third-order valence-corrected chi connectivity index (χ3v) is 3.75. The molecule has 1 aliphatic heterocycles. The molecule has 0 amide bonds. The molecule has 2 N–H and O–H groups in total. The summed E-state index contributed by atoms with van der Waals surface area (Å²) in [6, 6.07) is 8.06. The molecular weight excluding hydrogens is 272 g/mol. The first-order valence-corrected chi connectivity index (χ1v) is 7.36. The molecule has 5 heteroatoms. The first-order valence-electron chi connectivity index (χ1n) is 6.95. The number of nitrogens with zero attached hydrogens (tertiary/aromatic N) is 1. The number of para-hydroxylation sites is 1. The molecule has 0 aliphatic carbocycles. The Labute approximate surface area is 125 Å². The van der Waals surface area contributed by atoms with Crippen LogP contribution in [0.5, 0.6) is 5.75 Å². The zero-order valence-electron chi connectivity index (χ0n) is 12.0. The average Bonchev–Trinajstić information content (AvgIpc) is 2.43. The maximum atomic E-state index is 5.83. The molecule has 2 rings (SSSR count). The minimum Gasteiger partial charge on any atom is -0.492 e. The Bertz CT molecular complexity index is 467. The lowest BCUT2D eigenvalue weighted by molar-refractivity contribution is -0.0522. The zero-order valence-corrected chi connectivity index (χ0v) is 12.9. The minimum atomic E-state index is 0.287. The molecule has 2 atom stereocenters. The van der Waals surface area contributed by atoms with E-state index in [1.807, 2.05) is 24.3 Å². The summed E-state index contributed by atoms with van der Waals surface area (Å²) in [4.78, 5) is 2.76. The number of ether oxygens (including phenoxy) is 2. The van der Waals surface area contributed by atoms with E-state index < -0.39 is 0 Å². The molecule has 110 valence electrons. The Balaban J connectivity index is 1.88. The van der Waals surface area contributed by atoms with Gasteiger partial charge in [0.05, 0.1) is 18.3 Å². The standard InChI is InChI=1S/C15H22N2O2S/c1-11-10-19-12(2)9-17(11)7-8-18-14-6-4-3-5-13(14)15(16)20/h3-6,11-12H,7-10H2,1-2H3,(H2,16,20). The van der Waals surface area contributed by atoms with E-state index in [0.717, 1.165) is 31.0 Å². The average molecular weight is 294 g/mol. The van der Waals surface area contributed by atoms with Crippen LogP contribution in [0, 0.1) is 0 Å². The highest BCUT2D eigenvalue weighted by Gasteiger charge is 2.23. The molecule has 1 saturated heterocycles. The van der Waals surface area contributed by atoms with Crippen LogP contribution in [0.15, 0.2) is 24.3 Å². The molecular formula is C15H22N2O2S. The number of nitrogens with two attached hydrogens (primary N) is 1. The van der Waals surface area contributed by atoms with Gasteiger partial charge in [0.1, 0.15) is 17.3 Å². The second-order valence-corrected chi connectivity index (χ2v) is 5.64. The summed E-state index contributed by atoms with van der Waals surface area (Å²) in [5, 5.41) is 0. The van der Waals surface area contributed by atoms with Crippen LogP contribution in [-0.4, -0.2) is 48.3 Å². The van der Waals surface area contributed by atoms with Crippen LogP contribution >= 0.6 is 12.2 Å². The second kappa shape index (κ2) is 7.02. The predicted molar refractivity (Wildman–Crippen MR) is 84.3 cm³/mol. The Morgan fingerprint density at radius 1 is 1.45 bits per heavy atom. The van der Waals surface area contributed by atoms with Crippen LogP contribution in [0.1, 0.15) is 19.4 Å². The van der Waals surface area contributed by atoms with Gasteiger partial charge in [-0.25, -0.2) is 0 Å². The van der Waals surface area contributed by atoms with Gasteiger partial charge in [0.15, 0.2) is 0 Å². The van der Waals surface area contributed by atoms with Crippen molar-refractivity contribution < 1.29 is 9.47 Å². The third kappa shape index (κ3) is 3.91. The summed E-state index contributed by atoms with van der Waals surface area (Å²) >= 11 is 5.03. The smallest absolute Gasteiger partial charge is 0.129 e. The molecule has 1 aromatic rings. The minimum absolute atomic E-state index is 0.287. The van der Waals surface area contributed by atoms with Crippen LogP contribution < -0.4 is 10.5 Å². The van der Waals surface area contributed by atoms with Crippen LogP contribution in [-0.2, 0) is 4.74 Å². The van der Waals surface area contributed by atoms with E-state index in [1.54, 1.807) is 0 Å². The van der Waals surface area contributed by atoms with Crippen molar-refractivity contribution in [1.82, 2.24) is 4.90 Å². The fourth-order valence-electron chi connectivity index (χ4n) is 2.35. The highest BCUT2D eigenvalue weighted by atomic mass is 32.1. The number of benzene rings is 1. The molecule has 1 aromatic carbocycles. The molecule has 20 heavy (non-hydrogen) atoms. The summed E-state index contributed by atoms with van der Waals surface area (Å²) in [7, 11) is 0. The van der Waals surface area contributed by atoms with Gasteiger partial charge in [0.25, 0.3) is 0 Å². The van der Waals surface area contributed by atoms with Crippen molar-refractivity contribution in [2.45, 2.75) is 26.0 Å². The van der Waals surface area contributed by atoms with Crippen molar-refractivity contribution in [3.63, 3.8) is 0 Å². The maximum Gasteiger partial charge on any atom is 0.129 e. The number of hydrogen-bond acceptors (Lipinski definition) is 4. The van der Waals surface area contributed by atoms with Crippen molar-refractivity contribution in [1.29, 1.82) is 0 Å². The second-order valence-electron chi connectivity index (χ2n) is 5.20. The van der Waals surface area contributed by atoms with Gasteiger partial charge < -0.3 is 15.2 Å². The molecule has 0 bridgehead atoms. The van der Waals surface area contributed by atoms with Crippen LogP contribution in [0.2, 0.25) is 0 Å². The van der Waals surface area contributed by atoms with Gasteiger partial charge in [-0.3, -0.25) is 4.90 Å². The largest absolute Gasteiger partial charge is 0.492 e. The molecule has 4 nitrogen and oxygen atoms in total. The van der Waals surface area contributed by atoms with Crippen molar-refractivity contribution in [2.24, 2.45) is 5.73 Å². The van der Waals surface area contributed by atoms with E-state index in [2.05, 4.69) is 18.7 Å². The van der Waals surface area contributed by atoms with Crippen molar-refractivity contribution in [2.75, 3.05) is 26.3 Å². The van der Waals surface area contributed by atoms with Crippen molar-refractivity contribution >= 4 is 17.2 Å². The molecule has 0 saturated carbocycles. The number of morpholine rings is 1. The molecule has 2 unspecified atom stereocenters. The lowest BCUT2D eigenvalue weighted by atomic mass is 10.2. The quantitative estimate of drug-likeness (QED) is 0.839. The first-order chi connectivity index (χ1) is 9.58. The Kier molecular flexibility index (Phi) is 5.34. The van der Waals surface area contributed by atoms with Crippen LogP contribution in [0.3, 0.4) is 0 Å². The van der Waals surface area contributed by atoms with Crippen molar-refractivity contribution in [3.8, 4) is 5.75 Å². The Hall–Kier alpha value is -1.17. The molecule has 0 spiro atoms. The monoisotopic (exact) mass is 294 g/mol. The number of rotatable bonds is 5. The molecule has 1 fully saturated rings. The van der Waals surface area contributed by atoms with Crippen LogP contribution in [0.4, 0.5) is 0 Å². The predicted octanol–water partition coefficient (Wildman–Crippen LogP) is 1.81. The molecule has 0 aromatic heterocycles. The maximum absolute atomic E-state index is 5.83. The summed E-state index contributed by atoms with van der Waals surface area (Å²) in [5.74, 6) is 0.758.